The van der Waals surface area contributed by atoms with Gasteiger partial charge in [-0.05, 0) is 50.1 Å². The van der Waals surface area contributed by atoms with Crippen molar-refractivity contribution < 1.29 is 0 Å². The second-order valence-corrected chi connectivity index (χ2v) is 7.16. The molecule has 2 heterocycles. The van der Waals surface area contributed by atoms with Crippen molar-refractivity contribution >= 4 is 22.5 Å². The maximum absolute atomic E-state index is 4.49. The Labute approximate surface area is 171 Å². The highest BCUT2D eigenvalue weighted by Crippen LogP contribution is 2.29. The molecule has 0 saturated carbocycles. The fraction of sp³-hybridized carbons (Fsp3) is 0.250. The van der Waals surface area contributed by atoms with Gasteiger partial charge in [0.15, 0.2) is 0 Å². The molecule has 0 radical (unpaired) electrons. The molecule has 29 heavy (non-hydrogen) atoms. The minimum Gasteiger partial charge on any atom is -0.372 e. The van der Waals surface area contributed by atoms with E-state index >= 15 is 0 Å². The van der Waals surface area contributed by atoms with E-state index in [1.165, 1.54) is 11.3 Å². The van der Waals surface area contributed by atoms with E-state index in [1.54, 1.807) is 6.33 Å². The number of rotatable bonds is 7. The molecule has 0 aliphatic heterocycles. The van der Waals surface area contributed by atoms with Crippen LogP contribution >= 0.6 is 0 Å². The lowest BCUT2D eigenvalue weighted by Crippen LogP contribution is -2.21. The van der Waals surface area contributed by atoms with E-state index in [0.29, 0.717) is 0 Å². The highest BCUT2D eigenvalue weighted by Gasteiger charge is 2.12. The van der Waals surface area contributed by atoms with Gasteiger partial charge in [-0.3, -0.25) is 0 Å². The Hall–Kier alpha value is -3.34. The van der Waals surface area contributed by atoms with Gasteiger partial charge in [0.2, 0.25) is 0 Å². The average molecular weight is 386 g/mol. The van der Waals surface area contributed by atoms with Crippen LogP contribution < -0.4 is 10.2 Å². The molecule has 4 rings (SSSR count). The molecule has 1 atom stereocenters. The van der Waals surface area contributed by atoms with Crippen molar-refractivity contribution in [3.8, 4) is 11.3 Å². The van der Waals surface area contributed by atoms with Crippen molar-refractivity contribution in [2.75, 3.05) is 23.3 Å². The minimum atomic E-state index is 0.154. The Bertz CT molecular complexity index is 1070. The van der Waals surface area contributed by atoms with Crippen LogP contribution in [-0.4, -0.2) is 28.0 Å². The fourth-order valence-corrected chi connectivity index (χ4v) is 3.68. The van der Waals surface area contributed by atoms with Crippen LogP contribution in [0.4, 0.5) is 11.5 Å². The van der Waals surface area contributed by atoms with Crippen LogP contribution in [0.1, 0.15) is 32.4 Å². The molecule has 5 heteroatoms. The van der Waals surface area contributed by atoms with Crippen LogP contribution in [0, 0.1) is 0 Å². The van der Waals surface area contributed by atoms with E-state index in [-0.39, 0.29) is 6.04 Å². The topological polar surface area (TPSA) is 56.8 Å². The SMILES string of the molecule is CCN(CC)c1ccc(-c2cc3c(N[C@H](C)c4ccccc4)ncnc3[nH]2)cc1. The predicted molar refractivity (Wildman–Crippen MR) is 121 cm³/mol. The van der Waals surface area contributed by atoms with Crippen molar-refractivity contribution in [3.05, 3.63) is 72.6 Å². The molecule has 148 valence electrons. The van der Waals surface area contributed by atoms with Crippen molar-refractivity contribution in [2.45, 2.75) is 26.8 Å². The van der Waals surface area contributed by atoms with Crippen LogP contribution in [0.5, 0.6) is 0 Å². The zero-order valence-corrected chi connectivity index (χ0v) is 17.2. The summed E-state index contributed by atoms with van der Waals surface area (Å²) in [4.78, 5) is 14.7. The number of nitrogens with one attached hydrogen (secondary N) is 2. The summed E-state index contributed by atoms with van der Waals surface area (Å²) in [5.41, 5.74) is 5.49. The highest BCUT2D eigenvalue weighted by atomic mass is 15.1. The Morgan fingerprint density at radius 2 is 1.69 bits per heavy atom. The number of aromatic amines is 1. The largest absolute Gasteiger partial charge is 0.372 e. The Morgan fingerprint density at radius 3 is 2.38 bits per heavy atom. The molecule has 0 fully saturated rings. The summed E-state index contributed by atoms with van der Waals surface area (Å²) in [6.45, 7) is 8.51. The Morgan fingerprint density at radius 1 is 0.966 bits per heavy atom. The first-order valence-corrected chi connectivity index (χ1v) is 10.2. The number of hydrogen-bond donors (Lipinski definition) is 2. The van der Waals surface area contributed by atoms with E-state index in [2.05, 4.69) is 101 Å². The lowest BCUT2D eigenvalue weighted by molar-refractivity contribution is 0.866. The molecule has 0 saturated heterocycles. The van der Waals surface area contributed by atoms with Gasteiger partial charge in [0.1, 0.15) is 17.8 Å². The van der Waals surface area contributed by atoms with Gasteiger partial charge in [-0.2, -0.15) is 0 Å². The van der Waals surface area contributed by atoms with Gasteiger partial charge >= 0.3 is 0 Å². The monoisotopic (exact) mass is 385 g/mol. The molecule has 0 spiro atoms. The number of nitrogens with zero attached hydrogens (tertiary/aromatic N) is 3. The van der Waals surface area contributed by atoms with E-state index in [1.807, 2.05) is 6.07 Å². The maximum Gasteiger partial charge on any atom is 0.143 e. The van der Waals surface area contributed by atoms with Gasteiger partial charge in [-0.15, -0.1) is 0 Å². The van der Waals surface area contributed by atoms with Gasteiger partial charge < -0.3 is 15.2 Å². The standard InChI is InChI=1S/C24H27N5/c1-4-29(5-2)20-13-11-19(12-14-20)22-15-21-23(25-16-26-24(21)28-22)27-17(3)18-9-7-6-8-10-18/h6-17H,4-5H2,1-3H3,(H2,25,26,27,28)/t17-/m1/s1. The summed E-state index contributed by atoms with van der Waals surface area (Å²) in [6, 6.07) is 21.3. The van der Waals surface area contributed by atoms with Crippen molar-refractivity contribution in [1.82, 2.24) is 15.0 Å². The molecule has 0 aliphatic carbocycles. The summed E-state index contributed by atoms with van der Waals surface area (Å²) < 4.78 is 0. The molecule has 0 aliphatic rings. The third kappa shape index (κ3) is 3.94. The summed E-state index contributed by atoms with van der Waals surface area (Å²) in [5, 5.41) is 4.53. The molecular formula is C24H27N5. The van der Waals surface area contributed by atoms with E-state index in [4.69, 9.17) is 0 Å². The molecular weight excluding hydrogens is 358 g/mol. The molecule has 2 N–H and O–H groups in total. The smallest absolute Gasteiger partial charge is 0.143 e. The molecule has 5 nitrogen and oxygen atoms in total. The van der Waals surface area contributed by atoms with Crippen LogP contribution in [0.3, 0.4) is 0 Å². The Balaban J connectivity index is 1.62. The summed E-state index contributed by atoms with van der Waals surface area (Å²) in [6.07, 6.45) is 1.60. The number of aromatic nitrogens is 3. The molecule has 2 aromatic heterocycles. The first-order valence-electron chi connectivity index (χ1n) is 10.2. The van der Waals surface area contributed by atoms with Crippen molar-refractivity contribution in [3.63, 3.8) is 0 Å². The second kappa shape index (κ2) is 8.35. The van der Waals surface area contributed by atoms with Crippen molar-refractivity contribution in [1.29, 1.82) is 0 Å². The number of benzene rings is 2. The lowest BCUT2D eigenvalue weighted by atomic mass is 10.1. The van der Waals surface area contributed by atoms with Gasteiger partial charge in [0, 0.05) is 30.5 Å². The normalized spacial score (nSPS) is 12.1. The van der Waals surface area contributed by atoms with Gasteiger partial charge in [-0.25, -0.2) is 9.97 Å². The zero-order chi connectivity index (χ0) is 20.2. The van der Waals surface area contributed by atoms with Crippen molar-refractivity contribution in [2.24, 2.45) is 0 Å². The molecule has 0 bridgehead atoms. The third-order valence-electron chi connectivity index (χ3n) is 5.39. The van der Waals surface area contributed by atoms with E-state index in [0.717, 1.165) is 41.2 Å². The molecule has 0 unspecified atom stereocenters. The molecule has 2 aromatic carbocycles. The number of H-pyrrole nitrogens is 1. The zero-order valence-electron chi connectivity index (χ0n) is 17.2. The molecule has 0 amide bonds. The number of anilines is 2. The third-order valence-corrected chi connectivity index (χ3v) is 5.39. The first kappa shape index (κ1) is 19.0. The maximum atomic E-state index is 4.49. The first-order chi connectivity index (χ1) is 14.2. The average Bonchev–Trinajstić information content (AvgIpc) is 3.21. The lowest BCUT2D eigenvalue weighted by Gasteiger charge is -2.21. The van der Waals surface area contributed by atoms with Gasteiger partial charge in [-0.1, -0.05) is 42.5 Å². The van der Waals surface area contributed by atoms with Crippen LogP contribution in [-0.2, 0) is 0 Å². The number of hydrogen-bond acceptors (Lipinski definition) is 4. The quantitative estimate of drug-likeness (QED) is 0.432. The highest BCUT2D eigenvalue weighted by molar-refractivity contribution is 5.91. The Kier molecular flexibility index (Phi) is 5.47. The van der Waals surface area contributed by atoms with Crippen LogP contribution in [0.2, 0.25) is 0 Å². The summed E-state index contributed by atoms with van der Waals surface area (Å²) in [7, 11) is 0. The summed E-state index contributed by atoms with van der Waals surface area (Å²) >= 11 is 0. The summed E-state index contributed by atoms with van der Waals surface area (Å²) in [5.74, 6) is 0.841. The van der Waals surface area contributed by atoms with Crippen LogP contribution in [0.25, 0.3) is 22.3 Å². The van der Waals surface area contributed by atoms with Gasteiger partial charge in [0.05, 0.1) is 5.39 Å². The van der Waals surface area contributed by atoms with E-state index < -0.39 is 0 Å². The number of fused-ring (bicyclic) bond motifs is 1. The minimum absolute atomic E-state index is 0.154. The van der Waals surface area contributed by atoms with E-state index in [9.17, 15) is 0 Å². The van der Waals surface area contributed by atoms with Crippen LogP contribution in [0.15, 0.2) is 67.0 Å². The fourth-order valence-electron chi connectivity index (χ4n) is 3.68. The predicted octanol–water partition coefficient (Wildman–Crippen LogP) is 5.64. The second-order valence-electron chi connectivity index (χ2n) is 7.16. The molecule has 4 aromatic rings. The van der Waals surface area contributed by atoms with Gasteiger partial charge in [0.25, 0.3) is 0 Å².